The van der Waals surface area contributed by atoms with Crippen LogP contribution in [0.4, 0.5) is 10.1 Å². The summed E-state index contributed by atoms with van der Waals surface area (Å²) in [5, 5.41) is 2.58. The normalized spacial score (nSPS) is 11.8. The summed E-state index contributed by atoms with van der Waals surface area (Å²) in [5.74, 6) is -1.55. The van der Waals surface area contributed by atoms with E-state index in [2.05, 4.69) is 21.2 Å². The van der Waals surface area contributed by atoms with Gasteiger partial charge in [-0.3, -0.25) is 9.59 Å². The highest BCUT2D eigenvalue weighted by Gasteiger charge is 2.19. The first-order valence-electron chi connectivity index (χ1n) is 6.55. The first kappa shape index (κ1) is 16.3. The summed E-state index contributed by atoms with van der Waals surface area (Å²) in [6, 6.07) is 9.75. The van der Waals surface area contributed by atoms with Crippen LogP contribution in [0.25, 0.3) is 0 Å². The molecule has 0 aliphatic carbocycles. The summed E-state index contributed by atoms with van der Waals surface area (Å²) in [6.07, 6.45) is 0. The first-order valence-corrected chi connectivity index (χ1v) is 7.34. The summed E-state index contributed by atoms with van der Waals surface area (Å²) in [7, 11) is 0. The van der Waals surface area contributed by atoms with Crippen molar-refractivity contribution < 1.29 is 14.0 Å². The lowest BCUT2D eigenvalue weighted by Gasteiger charge is -2.13. The number of nitrogens with one attached hydrogen (secondary N) is 1. The predicted molar refractivity (Wildman–Crippen MR) is 86.3 cm³/mol. The zero-order chi connectivity index (χ0) is 16.3. The van der Waals surface area contributed by atoms with Crippen molar-refractivity contribution in [1.82, 2.24) is 0 Å². The molecule has 0 saturated carbocycles. The molecule has 0 fully saturated rings. The molecule has 2 aromatic carbocycles. The van der Waals surface area contributed by atoms with Gasteiger partial charge in [0.05, 0.1) is 17.3 Å². The molecular weight excluding hydrogens is 351 g/mol. The van der Waals surface area contributed by atoms with E-state index in [1.54, 1.807) is 18.2 Å². The minimum Gasteiger partial charge on any atom is -0.324 e. The molecule has 0 unspecified atom stereocenters. The molecule has 3 N–H and O–H groups in total. The van der Waals surface area contributed by atoms with E-state index in [1.807, 2.05) is 0 Å². The van der Waals surface area contributed by atoms with E-state index in [0.29, 0.717) is 10.2 Å². The lowest BCUT2D eigenvalue weighted by molar-refractivity contribution is -0.117. The van der Waals surface area contributed by atoms with Crippen molar-refractivity contribution in [1.29, 1.82) is 0 Å². The summed E-state index contributed by atoms with van der Waals surface area (Å²) < 4.78 is 14.5. The molecule has 0 bridgehead atoms. The van der Waals surface area contributed by atoms with E-state index in [0.717, 1.165) is 0 Å². The number of amides is 1. The van der Waals surface area contributed by atoms with Gasteiger partial charge in [-0.25, -0.2) is 4.39 Å². The second-order valence-electron chi connectivity index (χ2n) is 4.78. The van der Waals surface area contributed by atoms with Gasteiger partial charge in [0.15, 0.2) is 5.78 Å². The Morgan fingerprint density at radius 3 is 2.50 bits per heavy atom. The molecule has 0 heterocycles. The van der Waals surface area contributed by atoms with Crippen LogP contribution in [0.5, 0.6) is 0 Å². The van der Waals surface area contributed by atoms with E-state index >= 15 is 0 Å². The Kier molecular flexibility index (Phi) is 5.05. The van der Waals surface area contributed by atoms with Gasteiger partial charge in [-0.05, 0) is 37.3 Å². The predicted octanol–water partition coefficient (Wildman–Crippen LogP) is 3.10. The SMILES string of the molecule is C[C@@H](N)C(=O)Nc1ccc(Br)cc1C(=O)c1ccccc1F. The van der Waals surface area contributed by atoms with Crippen LogP contribution in [0.1, 0.15) is 22.8 Å². The van der Waals surface area contributed by atoms with Crippen molar-refractivity contribution >= 4 is 33.3 Å². The third kappa shape index (κ3) is 3.58. The van der Waals surface area contributed by atoms with Crippen molar-refractivity contribution in [3.63, 3.8) is 0 Å². The Morgan fingerprint density at radius 1 is 1.18 bits per heavy atom. The van der Waals surface area contributed by atoms with Crippen LogP contribution in [0, 0.1) is 5.82 Å². The molecule has 0 aromatic heterocycles. The Bertz CT molecular complexity index is 732. The third-order valence-corrected chi connectivity index (χ3v) is 3.51. The molecule has 4 nitrogen and oxygen atoms in total. The number of rotatable bonds is 4. The van der Waals surface area contributed by atoms with Gasteiger partial charge < -0.3 is 11.1 Å². The fourth-order valence-corrected chi connectivity index (χ4v) is 2.21. The van der Waals surface area contributed by atoms with Crippen LogP contribution in [-0.4, -0.2) is 17.7 Å². The number of carbonyl (C=O) groups is 2. The number of ketones is 1. The number of hydrogen-bond acceptors (Lipinski definition) is 3. The topological polar surface area (TPSA) is 72.2 Å². The quantitative estimate of drug-likeness (QED) is 0.818. The number of benzene rings is 2. The van der Waals surface area contributed by atoms with Crippen molar-refractivity contribution in [3.8, 4) is 0 Å². The van der Waals surface area contributed by atoms with Gasteiger partial charge in [0.25, 0.3) is 0 Å². The molecule has 2 aromatic rings. The summed E-state index contributed by atoms with van der Waals surface area (Å²) in [5.41, 5.74) is 5.93. The highest BCUT2D eigenvalue weighted by molar-refractivity contribution is 9.10. The molecule has 2 rings (SSSR count). The van der Waals surface area contributed by atoms with Crippen LogP contribution in [0.3, 0.4) is 0 Å². The summed E-state index contributed by atoms with van der Waals surface area (Å²) in [6.45, 7) is 1.53. The molecular formula is C16H14BrFN2O2. The molecule has 22 heavy (non-hydrogen) atoms. The smallest absolute Gasteiger partial charge is 0.241 e. The summed E-state index contributed by atoms with van der Waals surface area (Å²) >= 11 is 3.27. The van der Waals surface area contributed by atoms with Crippen molar-refractivity contribution in [3.05, 3.63) is 63.9 Å². The number of hydrogen-bond donors (Lipinski definition) is 2. The van der Waals surface area contributed by atoms with Crippen molar-refractivity contribution in [2.24, 2.45) is 5.73 Å². The van der Waals surface area contributed by atoms with Crippen LogP contribution >= 0.6 is 15.9 Å². The van der Waals surface area contributed by atoms with Crippen molar-refractivity contribution in [2.75, 3.05) is 5.32 Å². The van der Waals surface area contributed by atoms with Gasteiger partial charge in [-0.15, -0.1) is 0 Å². The Hall–Kier alpha value is -2.05. The second kappa shape index (κ2) is 6.81. The monoisotopic (exact) mass is 364 g/mol. The first-order chi connectivity index (χ1) is 10.4. The molecule has 0 saturated heterocycles. The zero-order valence-electron chi connectivity index (χ0n) is 11.8. The number of nitrogens with two attached hydrogens (primary N) is 1. The number of carbonyl (C=O) groups excluding carboxylic acids is 2. The van der Waals surface area contributed by atoms with Crippen molar-refractivity contribution in [2.45, 2.75) is 13.0 Å². The zero-order valence-corrected chi connectivity index (χ0v) is 13.4. The molecule has 0 radical (unpaired) electrons. The van der Waals surface area contributed by atoms with Gasteiger partial charge in [0.1, 0.15) is 5.82 Å². The van der Waals surface area contributed by atoms with Crippen LogP contribution in [0.15, 0.2) is 46.9 Å². The number of halogens is 2. The lowest BCUT2D eigenvalue weighted by Crippen LogP contribution is -2.33. The van der Waals surface area contributed by atoms with E-state index < -0.39 is 23.5 Å². The standard InChI is InChI=1S/C16H14BrFN2O2/c1-9(19)16(22)20-14-7-6-10(17)8-12(14)15(21)11-4-2-3-5-13(11)18/h2-9H,19H2,1H3,(H,20,22)/t9-/m1/s1. The summed E-state index contributed by atoms with van der Waals surface area (Å²) in [4.78, 5) is 24.3. The maximum atomic E-state index is 13.8. The average Bonchev–Trinajstić information content (AvgIpc) is 2.48. The van der Waals surface area contributed by atoms with Gasteiger partial charge in [0, 0.05) is 10.0 Å². The lowest BCUT2D eigenvalue weighted by atomic mass is 10.0. The largest absolute Gasteiger partial charge is 0.324 e. The highest BCUT2D eigenvalue weighted by Crippen LogP contribution is 2.25. The maximum absolute atomic E-state index is 13.8. The van der Waals surface area contributed by atoms with E-state index in [4.69, 9.17) is 5.73 Å². The fraction of sp³-hybridized carbons (Fsp3) is 0.125. The molecule has 6 heteroatoms. The third-order valence-electron chi connectivity index (χ3n) is 3.02. The highest BCUT2D eigenvalue weighted by atomic mass is 79.9. The van der Waals surface area contributed by atoms with E-state index in [-0.39, 0.29) is 11.1 Å². The molecule has 0 aliphatic heterocycles. The molecule has 114 valence electrons. The van der Waals surface area contributed by atoms with Crippen LogP contribution in [-0.2, 0) is 4.79 Å². The van der Waals surface area contributed by atoms with E-state index in [9.17, 15) is 14.0 Å². The molecule has 1 atom stereocenters. The fourth-order valence-electron chi connectivity index (χ4n) is 1.85. The van der Waals surface area contributed by atoms with Gasteiger partial charge in [0.2, 0.25) is 5.91 Å². The Balaban J connectivity index is 2.45. The maximum Gasteiger partial charge on any atom is 0.241 e. The minimum atomic E-state index is -0.722. The molecule has 0 spiro atoms. The molecule has 0 aliphatic rings. The van der Waals surface area contributed by atoms with Gasteiger partial charge in [-0.1, -0.05) is 28.1 Å². The molecule has 1 amide bonds. The van der Waals surface area contributed by atoms with E-state index in [1.165, 1.54) is 31.2 Å². The Morgan fingerprint density at radius 2 is 1.86 bits per heavy atom. The minimum absolute atomic E-state index is 0.0584. The Labute approximate surface area is 135 Å². The number of anilines is 1. The van der Waals surface area contributed by atoms with Crippen LogP contribution in [0.2, 0.25) is 0 Å². The average molecular weight is 365 g/mol. The van der Waals surface area contributed by atoms with Crippen LogP contribution < -0.4 is 11.1 Å². The van der Waals surface area contributed by atoms with Gasteiger partial charge >= 0.3 is 0 Å². The van der Waals surface area contributed by atoms with Gasteiger partial charge in [-0.2, -0.15) is 0 Å². The second-order valence-corrected chi connectivity index (χ2v) is 5.69.